The highest BCUT2D eigenvalue weighted by Gasteiger charge is 2.41. The molecule has 1 atom stereocenters. The number of carbonyl (C=O) groups is 3. The number of pyridine rings is 1. The normalized spacial score (nSPS) is 15.4. The van der Waals surface area contributed by atoms with Gasteiger partial charge >= 0.3 is 5.97 Å². The predicted octanol–water partition coefficient (Wildman–Crippen LogP) is 8.53. The summed E-state index contributed by atoms with van der Waals surface area (Å²) >= 11 is 0. The second-order valence-corrected chi connectivity index (χ2v) is 15.2. The van der Waals surface area contributed by atoms with Crippen molar-refractivity contribution in [3.63, 3.8) is 0 Å². The Morgan fingerprint density at radius 1 is 0.778 bits per heavy atom. The fraction of sp³-hybridized carbons (Fsp3) is 0.385. The highest BCUT2D eigenvalue weighted by atomic mass is 16.5. The van der Waals surface area contributed by atoms with Crippen molar-refractivity contribution in [1.29, 1.82) is 0 Å². The summed E-state index contributed by atoms with van der Waals surface area (Å²) in [7, 11) is 0. The molecule has 1 heterocycles. The van der Waals surface area contributed by atoms with E-state index in [-0.39, 0.29) is 40.0 Å². The van der Waals surface area contributed by atoms with Crippen molar-refractivity contribution in [3.8, 4) is 11.5 Å². The smallest absolute Gasteiger partial charge is 0.311 e. The maximum atomic E-state index is 13.5. The number of benzene rings is 3. The van der Waals surface area contributed by atoms with Crippen LogP contribution < -0.4 is 4.74 Å². The van der Waals surface area contributed by atoms with E-state index in [1.807, 2.05) is 30.3 Å². The number of phenolic OH excluding ortho intramolecular Hbond substituents is 1. The average molecular weight is 606 g/mol. The van der Waals surface area contributed by atoms with Gasteiger partial charge in [0.1, 0.15) is 17.2 Å². The summed E-state index contributed by atoms with van der Waals surface area (Å²) in [6.07, 6.45) is 0.563. The Morgan fingerprint density at radius 3 is 2.00 bits per heavy atom. The van der Waals surface area contributed by atoms with Gasteiger partial charge in [0.05, 0.1) is 5.69 Å². The summed E-state index contributed by atoms with van der Waals surface area (Å²) in [6, 6.07) is 18.2. The van der Waals surface area contributed by atoms with Gasteiger partial charge in [0.2, 0.25) is 0 Å². The maximum Gasteiger partial charge on any atom is 0.311 e. The van der Waals surface area contributed by atoms with Crippen LogP contribution in [0, 0.1) is 0 Å². The second kappa shape index (κ2) is 11.2. The molecule has 4 aromatic rings. The number of esters is 1. The SMILES string of the molecule is CC(C)(C)c1ccc2c(c1)C(=O)C(c1ccc3cccc(OC(=O)CCc4cc(C(C)(C)C)c(O)c(C(C)(C)C)c4)c3n1)C2=O. The third-order valence-corrected chi connectivity index (χ3v) is 8.57. The molecule has 45 heavy (non-hydrogen) atoms. The second-order valence-electron chi connectivity index (χ2n) is 15.2. The average Bonchev–Trinajstić information content (AvgIpc) is 3.19. The number of aryl methyl sites for hydroxylation is 1. The van der Waals surface area contributed by atoms with Crippen molar-refractivity contribution in [2.45, 2.75) is 97.3 Å². The standard InChI is InChI=1S/C39H43NO5/c1-37(2,3)24-15-16-25-26(21-24)35(43)32(34(25)42)29-17-14-23-11-10-12-30(33(23)40-29)45-31(41)18-13-22-19-27(38(4,5)6)36(44)28(20-22)39(7,8)9/h10-12,14-17,19-21,32,44H,13,18H2,1-9H3. The molecule has 1 aromatic heterocycles. The Morgan fingerprint density at radius 2 is 1.40 bits per heavy atom. The summed E-state index contributed by atoms with van der Waals surface area (Å²) in [5.41, 5.74) is 4.52. The molecule has 1 unspecified atom stereocenters. The molecule has 0 bridgehead atoms. The van der Waals surface area contributed by atoms with Crippen molar-refractivity contribution in [3.05, 3.63) is 99.7 Å². The molecule has 234 valence electrons. The maximum absolute atomic E-state index is 13.5. The first kappa shape index (κ1) is 32.1. The minimum atomic E-state index is -1.04. The first-order chi connectivity index (χ1) is 20.9. The number of ether oxygens (including phenoxy) is 1. The monoisotopic (exact) mass is 605 g/mol. The van der Waals surface area contributed by atoms with Crippen molar-refractivity contribution in [2.75, 3.05) is 0 Å². The molecule has 0 amide bonds. The molecular formula is C39H43NO5. The molecule has 3 aromatic carbocycles. The van der Waals surface area contributed by atoms with Crippen LogP contribution in [0.15, 0.2) is 60.7 Å². The number of hydrogen-bond donors (Lipinski definition) is 1. The number of phenols is 1. The van der Waals surface area contributed by atoms with Crippen LogP contribution in [-0.2, 0) is 27.5 Å². The van der Waals surface area contributed by atoms with E-state index >= 15 is 0 Å². The van der Waals surface area contributed by atoms with Crippen molar-refractivity contribution in [1.82, 2.24) is 4.98 Å². The Labute approximate surface area is 265 Å². The number of nitrogens with zero attached hydrogens (tertiary/aromatic N) is 1. The zero-order chi connectivity index (χ0) is 33.1. The highest BCUT2D eigenvalue weighted by Crippen LogP contribution is 2.40. The number of ketones is 2. The first-order valence-corrected chi connectivity index (χ1v) is 15.6. The van der Waals surface area contributed by atoms with Crippen molar-refractivity contribution >= 4 is 28.4 Å². The number of fused-ring (bicyclic) bond motifs is 2. The van der Waals surface area contributed by atoms with Gasteiger partial charge < -0.3 is 9.84 Å². The molecule has 0 radical (unpaired) electrons. The van der Waals surface area contributed by atoms with Gasteiger partial charge in [0.25, 0.3) is 0 Å². The Bertz CT molecular complexity index is 1810. The number of aromatic nitrogens is 1. The predicted molar refractivity (Wildman–Crippen MR) is 178 cm³/mol. The summed E-state index contributed by atoms with van der Waals surface area (Å²) in [4.78, 5) is 44.8. The Kier molecular flexibility index (Phi) is 8.01. The van der Waals surface area contributed by atoms with E-state index in [0.717, 1.165) is 27.6 Å². The van der Waals surface area contributed by atoms with E-state index in [2.05, 4.69) is 62.3 Å². The summed E-state index contributed by atoms with van der Waals surface area (Å²) in [5.74, 6) is -1.41. The lowest BCUT2D eigenvalue weighted by Gasteiger charge is -2.28. The van der Waals surface area contributed by atoms with Crippen LogP contribution in [0.3, 0.4) is 0 Å². The van der Waals surface area contributed by atoms with Gasteiger partial charge in [-0.1, -0.05) is 105 Å². The molecule has 0 saturated heterocycles. The quantitative estimate of drug-likeness (QED) is 0.139. The number of hydrogen-bond acceptors (Lipinski definition) is 6. The Balaban J connectivity index is 1.40. The van der Waals surface area contributed by atoms with E-state index in [4.69, 9.17) is 9.72 Å². The van der Waals surface area contributed by atoms with E-state index in [1.54, 1.807) is 30.3 Å². The third kappa shape index (κ3) is 6.28. The molecule has 0 fully saturated rings. The number of para-hydroxylation sites is 1. The minimum absolute atomic E-state index is 0.124. The zero-order valence-electron chi connectivity index (χ0n) is 27.8. The molecule has 1 N–H and O–H groups in total. The molecule has 1 aliphatic carbocycles. The van der Waals surface area contributed by atoms with Crippen LogP contribution >= 0.6 is 0 Å². The summed E-state index contributed by atoms with van der Waals surface area (Å²) in [5, 5.41) is 11.8. The van der Waals surface area contributed by atoms with E-state index in [0.29, 0.717) is 34.5 Å². The van der Waals surface area contributed by atoms with Gasteiger partial charge in [-0.25, -0.2) is 4.98 Å². The molecule has 1 aliphatic rings. The van der Waals surface area contributed by atoms with Gasteiger partial charge in [-0.05, 0) is 63.1 Å². The molecule has 0 saturated carbocycles. The van der Waals surface area contributed by atoms with Gasteiger partial charge in [-0.2, -0.15) is 0 Å². The van der Waals surface area contributed by atoms with Gasteiger partial charge in [0.15, 0.2) is 17.3 Å². The van der Waals surface area contributed by atoms with E-state index in [1.165, 1.54) is 0 Å². The zero-order valence-corrected chi connectivity index (χ0v) is 27.8. The fourth-order valence-electron chi connectivity index (χ4n) is 5.91. The van der Waals surface area contributed by atoms with Crippen LogP contribution in [-0.4, -0.2) is 27.6 Å². The third-order valence-electron chi connectivity index (χ3n) is 8.57. The van der Waals surface area contributed by atoms with Crippen LogP contribution in [0.4, 0.5) is 0 Å². The van der Waals surface area contributed by atoms with Crippen LogP contribution in [0.25, 0.3) is 10.9 Å². The molecule has 6 heteroatoms. The van der Waals surface area contributed by atoms with E-state index in [9.17, 15) is 19.5 Å². The highest BCUT2D eigenvalue weighted by molar-refractivity contribution is 6.29. The Hall–Kier alpha value is -4.32. The lowest BCUT2D eigenvalue weighted by Crippen LogP contribution is -2.18. The summed E-state index contributed by atoms with van der Waals surface area (Å²) in [6.45, 7) is 18.6. The van der Waals surface area contributed by atoms with E-state index < -0.39 is 11.9 Å². The summed E-state index contributed by atoms with van der Waals surface area (Å²) < 4.78 is 5.83. The lowest BCUT2D eigenvalue weighted by molar-refractivity contribution is -0.134. The van der Waals surface area contributed by atoms with Gasteiger partial charge in [-0.3, -0.25) is 14.4 Å². The van der Waals surface area contributed by atoms with Gasteiger partial charge in [-0.15, -0.1) is 0 Å². The van der Waals surface area contributed by atoms with Crippen LogP contribution in [0.5, 0.6) is 11.5 Å². The number of Topliss-reactive ketones (excluding diaryl/α,β-unsaturated/α-hetero) is 2. The van der Waals surface area contributed by atoms with Crippen LogP contribution in [0.1, 0.15) is 123 Å². The number of aromatic hydroxyl groups is 1. The molecule has 6 nitrogen and oxygen atoms in total. The van der Waals surface area contributed by atoms with Gasteiger partial charge in [0, 0.05) is 22.9 Å². The van der Waals surface area contributed by atoms with Crippen molar-refractivity contribution < 1.29 is 24.2 Å². The van der Waals surface area contributed by atoms with Crippen molar-refractivity contribution in [2.24, 2.45) is 0 Å². The lowest BCUT2D eigenvalue weighted by atomic mass is 9.78. The molecule has 0 aliphatic heterocycles. The largest absolute Gasteiger partial charge is 0.507 e. The minimum Gasteiger partial charge on any atom is -0.507 e. The molecule has 5 rings (SSSR count). The number of carbonyl (C=O) groups excluding carboxylic acids is 3. The molecular weight excluding hydrogens is 562 g/mol. The fourth-order valence-corrected chi connectivity index (χ4v) is 5.91. The first-order valence-electron chi connectivity index (χ1n) is 15.6. The van der Waals surface area contributed by atoms with Crippen LogP contribution in [0.2, 0.25) is 0 Å². The number of rotatable bonds is 5. The topological polar surface area (TPSA) is 93.6 Å². The molecule has 0 spiro atoms.